The fourth-order valence-corrected chi connectivity index (χ4v) is 3.86. The molecular weight excluding hydrogens is 376 g/mol. The molecule has 1 aromatic carbocycles. The van der Waals surface area contributed by atoms with Gasteiger partial charge in [0.2, 0.25) is 0 Å². The lowest BCUT2D eigenvalue weighted by atomic mass is 9.74. The molecule has 0 unspecified atom stereocenters. The van der Waals surface area contributed by atoms with Crippen LogP contribution in [0.15, 0.2) is 28.7 Å². The second kappa shape index (κ2) is 6.37. The first-order valence-electron chi connectivity index (χ1n) is 6.19. The number of ether oxygens (including phenoxy) is 1. The maximum absolute atomic E-state index is 12.0. The van der Waals surface area contributed by atoms with Gasteiger partial charge in [0.1, 0.15) is 0 Å². The molecule has 0 aliphatic heterocycles. The van der Waals surface area contributed by atoms with Crippen molar-refractivity contribution in [2.24, 2.45) is 5.92 Å². The molecule has 1 fully saturated rings. The molecule has 1 saturated carbocycles. The van der Waals surface area contributed by atoms with Crippen LogP contribution < -0.4 is 0 Å². The summed E-state index contributed by atoms with van der Waals surface area (Å²) in [6.07, 6.45) is 0.626. The molecule has 0 aromatic heterocycles. The van der Waals surface area contributed by atoms with Crippen molar-refractivity contribution in [3.05, 3.63) is 34.3 Å². The highest BCUT2D eigenvalue weighted by Gasteiger charge is 2.40. The number of carbonyl (C=O) groups is 1. The third-order valence-corrected chi connectivity index (χ3v) is 5.39. The Labute approximate surface area is 129 Å². The van der Waals surface area contributed by atoms with E-state index in [2.05, 4.69) is 31.9 Å². The van der Waals surface area contributed by atoms with Gasteiger partial charge in [0, 0.05) is 9.30 Å². The van der Waals surface area contributed by atoms with Crippen LogP contribution in [-0.2, 0) is 9.53 Å². The molecule has 0 amide bonds. The summed E-state index contributed by atoms with van der Waals surface area (Å²) < 4.78 is 5.87. The van der Waals surface area contributed by atoms with Gasteiger partial charge in [0.15, 0.2) is 0 Å². The van der Waals surface area contributed by atoms with Crippen molar-refractivity contribution >= 4 is 37.8 Å². The van der Waals surface area contributed by atoms with Gasteiger partial charge >= 0.3 is 5.97 Å². The van der Waals surface area contributed by atoms with Crippen LogP contribution in [0.3, 0.4) is 0 Å². The number of rotatable bonds is 2. The number of hydrogen-bond donors (Lipinski definition) is 1. The zero-order valence-corrected chi connectivity index (χ0v) is 13.7. The minimum atomic E-state index is -0.511. The summed E-state index contributed by atoms with van der Waals surface area (Å²) >= 11 is 7.03. The zero-order valence-electron chi connectivity index (χ0n) is 10.6. The van der Waals surface area contributed by atoms with Crippen LogP contribution in [0.5, 0.6) is 0 Å². The van der Waals surface area contributed by atoms with Crippen LogP contribution in [0.4, 0.5) is 0 Å². The van der Waals surface area contributed by atoms with E-state index < -0.39 is 6.10 Å². The number of methoxy groups -OCH3 is 1. The first-order chi connectivity index (χ1) is 9.04. The van der Waals surface area contributed by atoms with Crippen molar-refractivity contribution in [3.63, 3.8) is 0 Å². The molecule has 3 nitrogen and oxygen atoms in total. The lowest BCUT2D eigenvalue weighted by Gasteiger charge is -2.36. The lowest BCUT2D eigenvalue weighted by molar-refractivity contribution is -0.148. The molecule has 104 valence electrons. The summed E-state index contributed by atoms with van der Waals surface area (Å²) in [5.74, 6) is -0.498. The second-order valence-electron chi connectivity index (χ2n) is 4.81. The van der Waals surface area contributed by atoms with Gasteiger partial charge in [0.05, 0.1) is 19.1 Å². The van der Waals surface area contributed by atoms with Crippen molar-refractivity contribution in [1.82, 2.24) is 0 Å². The van der Waals surface area contributed by atoms with Crippen molar-refractivity contribution in [2.45, 2.75) is 29.7 Å². The lowest BCUT2D eigenvalue weighted by Crippen LogP contribution is -2.39. The number of halogens is 2. The van der Waals surface area contributed by atoms with E-state index in [1.807, 2.05) is 24.3 Å². The SMILES string of the molecule is COC(=O)[C@@H]1C[C@H](O)[C@H](Br)C[C@H]1c1ccccc1Br. The largest absolute Gasteiger partial charge is 0.469 e. The van der Waals surface area contributed by atoms with E-state index in [4.69, 9.17) is 4.74 Å². The fourth-order valence-electron chi connectivity index (χ4n) is 2.67. The van der Waals surface area contributed by atoms with Crippen molar-refractivity contribution in [1.29, 1.82) is 0 Å². The van der Waals surface area contributed by atoms with Gasteiger partial charge in [-0.3, -0.25) is 4.79 Å². The van der Waals surface area contributed by atoms with Crippen molar-refractivity contribution in [2.75, 3.05) is 7.11 Å². The normalized spacial score (nSPS) is 30.9. The van der Waals surface area contributed by atoms with Gasteiger partial charge in [0.25, 0.3) is 0 Å². The molecule has 4 atom stereocenters. The summed E-state index contributed by atoms with van der Waals surface area (Å²) in [6.45, 7) is 0. The molecule has 2 rings (SSSR count). The number of benzene rings is 1. The Kier molecular flexibility index (Phi) is 5.03. The Balaban J connectivity index is 2.34. The molecule has 5 heteroatoms. The number of carbonyl (C=O) groups excluding carboxylic acids is 1. The standard InChI is InChI=1S/C14H16Br2O3/c1-19-14(18)10-7-13(17)12(16)6-9(10)8-4-2-3-5-11(8)15/h2-5,9-10,12-13,17H,6-7H2,1H3/t9-,10+,12+,13-/m0/s1. The molecule has 1 aliphatic carbocycles. The Bertz CT molecular complexity index is 464. The van der Waals surface area contributed by atoms with E-state index in [9.17, 15) is 9.90 Å². The van der Waals surface area contributed by atoms with Crippen LogP contribution in [0.2, 0.25) is 0 Å². The zero-order chi connectivity index (χ0) is 14.0. The summed E-state index contributed by atoms with van der Waals surface area (Å²) in [5, 5.41) is 9.96. The molecule has 1 aliphatic rings. The van der Waals surface area contributed by atoms with E-state index in [0.717, 1.165) is 10.0 Å². The molecule has 0 radical (unpaired) electrons. The van der Waals surface area contributed by atoms with Gasteiger partial charge in [-0.15, -0.1) is 0 Å². The van der Waals surface area contributed by atoms with Gasteiger partial charge in [-0.2, -0.15) is 0 Å². The number of aliphatic hydroxyl groups is 1. The second-order valence-corrected chi connectivity index (χ2v) is 6.84. The summed E-state index contributed by atoms with van der Waals surface area (Å²) in [7, 11) is 1.39. The third kappa shape index (κ3) is 3.20. The van der Waals surface area contributed by atoms with Gasteiger partial charge in [-0.1, -0.05) is 50.1 Å². The highest BCUT2D eigenvalue weighted by molar-refractivity contribution is 9.10. The van der Waals surface area contributed by atoms with Crippen LogP contribution in [-0.4, -0.2) is 29.1 Å². The molecule has 0 saturated heterocycles. The summed E-state index contributed by atoms with van der Waals surface area (Å²) in [5.41, 5.74) is 1.09. The molecule has 1 N–H and O–H groups in total. The molecule has 1 aromatic rings. The average molecular weight is 392 g/mol. The molecule has 0 spiro atoms. The Morgan fingerprint density at radius 1 is 1.37 bits per heavy atom. The number of hydrogen-bond acceptors (Lipinski definition) is 3. The van der Waals surface area contributed by atoms with E-state index in [-0.39, 0.29) is 22.6 Å². The number of aliphatic hydroxyl groups excluding tert-OH is 1. The first-order valence-corrected chi connectivity index (χ1v) is 7.89. The predicted octanol–water partition coefficient (Wildman–Crippen LogP) is 3.24. The topological polar surface area (TPSA) is 46.5 Å². The minimum absolute atomic E-state index is 0.00510. The maximum Gasteiger partial charge on any atom is 0.309 e. The van der Waals surface area contributed by atoms with E-state index in [0.29, 0.717) is 12.8 Å². The molecular formula is C14H16Br2O3. The van der Waals surface area contributed by atoms with Crippen LogP contribution in [0.1, 0.15) is 24.3 Å². The molecule has 19 heavy (non-hydrogen) atoms. The highest BCUT2D eigenvalue weighted by atomic mass is 79.9. The quantitative estimate of drug-likeness (QED) is 0.621. The highest BCUT2D eigenvalue weighted by Crippen LogP contribution is 2.43. The number of alkyl halides is 1. The Morgan fingerprint density at radius 2 is 2.05 bits per heavy atom. The van der Waals surface area contributed by atoms with Crippen molar-refractivity contribution < 1.29 is 14.6 Å². The minimum Gasteiger partial charge on any atom is -0.469 e. The Hall–Kier alpha value is -0.390. The maximum atomic E-state index is 12.0. The third-order valence-electron chi connectivity index (χ3n) is 3.69. The number of esters is 1. The van der Waals surface area contributed by atoms with Gasteiger partial charge < -0.3 is 9.84 Å². The molecule has 0 bridgehead atoms. The van der Waals surface area contributed by atoms with Crippen molar-refractivity contribution in [3.8, 4) is 0 Å². The Morgan fingerprint density at radius 3 is 2.68 bits per heavy atom. The van der Waals surface area contributed by atoms with Crippen LogP contribution in [0, 0.1) is 5.92 Å². The van der Waals surface area contributed by atoms with E-state index in [1.165, 1.54) is 7.11 Å². The van der Waals surface area contributed by atoms with E-state index >= 15 is 0 Å². The monoisotopic (exact) mass is 390 g/mol. The predicted molar refractivity (Wildman–Crippen MR) is 80.3 cm³/mol. The van der Waals surface area contributed by atoms with Gasteiger partial charge in [-0.25, -0.2) is 0 Å². The van der Waals surface area contributed by atoms with Crippen LogP contribution in [0.25, 0.3) is 0 Å². The summed E-state index contributed by atoms with van der Waals surface area (Å²) in [4.78, 5) is 12.0. The first kappa shape index (κ1) is 15.0. The smallest absolute Gasteiger partial charge is 0.309 e. The van der Waals surface area contributed by atoms with E-state index in [1.54, 1.807) is 0 Å². The fraction of sp³-hybridized carbons (Fsp3) is 0.500. The van der Waals surface area contributed by atoms with Crippen LogP contribution >= 0.6 is 31.9 Å². The average Bonchev–Trinajstić information content (AvgIpc) is 2.41. The molecule has 0 heterocycles. The van der Waals surface area contributed by atoms with Gasteiger partial charge in [-0.05, 0) is 30.4 Å². The summed E-state index contributed by atoms with van der Waals surface area (Å²) in [6, 6.07) is 7.90.